The highest BCUT2D eigenvalue weighted by Gasteiger charge is 2.23. The summed E-state index contributed by atoms with van der Waals surface area (Å²) in [5.74, 6) is -0.227. The molecule has 0 radical (unpaired) electrons. The standard InChI is InChI=1S/C64H117N2O6P/c1-6-8-10-12-14-16-18-20-22-24-26-27-28-29-30-31-32-33-34-35-36-37-38-40-41-43-45-47-49-51-53-55-57-63(67)62(61-72-73(69,70)71-60-59-66(3,4)5)65-64(68)58-56-54-52-50-48-46-44-42-39-25-23-21-19-17-15-13-11-9-7-2/h9,11,15,17,21,23,39-42,47,49,55,57,62-63,67H,6-8,10,12-14,16,18-20,22,24-38,43-46,48,50-54,56,58-61H2,1-5H3,(H-,65,68,69,70)/b11-9-,17-15-,23-21-,41-40+,42-39-,49-47+,57-55+. The molecule has 73 heavy (non-hydrogen) atoms. The van der Waals surface area contributed by atoms with E-state index in [4.69, 9.17) is 9.05 Å². The number of carbonyl (C=O) groups excluding carboxylic acids is 1. The molecule has 0 rings (SSSR count). The summed E-state index contributed by atoms with van der Waals surface area (Å²) in [7, 11) is 1.22. The van der Waals surface area contributed by atoms with Crippen LogP contribution in [0.1, 0.15) is 264 Å². The number of carbonyl (C=O) groups is 1. The second kappa shape index (κ2) is 54.5. The molecule has 0 saturated heterocycles. The van der Waals surface area contributed by atoms with E-state index in [0.29, 0.717) is 17.4 Å². The van der Waals surface area contributed by atoms with E-state index in [2.05, 4.69) is 92.1 Å². The first-order chi connectivity index (χ1) is 35.5. The third kappa shape index (κ3) is 57.2. The Balaban J connectivity index is 4.22. The van der Waals surface area contributed by atoms with Gasteiger partial charge in [0, 0.05) is 6.42 Å². The fourth-order valence-electron chi connectivity index (χ4n) is 8.59. The predicted molar refractivity (Wildman–Crippen MR) is 316 cm³/mol. The number of amides is 1. The van der Waals surface area contributed by atoms with Gasteiger partial charge in [0.05, 0.1) is 39.9 Å². The van der Waals surface area contributed by atoms with E-state index < -0.39 is 26.6 Å². The minimum absolute atomic E-state index is 0.0162. The van der Waals surface area contributed by atoms with Crippen molar-refractivity contribution < 1.29 is 32.9 Å². The molecule has 0 aliphatic carbocycles. The van der Waals surface area contributed by atoms with Gasteiger partial charge in [-0.25, -0.2) is 0 Å². The number of nitrogens with zero attached hydrogens (tertiary/aromatic N) is 1. The topological polar surface area (TPSA) is 108 Å². The molecular weight excluding hydrogens is 924 g/mol. The number of nitrogens with one attached hydrogen (secondary N) is 1. The quantitative estimate of drug-likeness (QED) is 0.0272. The Bertz CT molecular complexity index is 1460. The normalized spacial score (nSPS) is 14.5. The van der Waals surface area contributed by atoms with E-state index in [0.717, 1.165) is 89.9 Å². The summed E-state index contributed by atoms with van der Waals surface area (Å²) in [6.45, 7) is 4.51. The molecule has 0 saturated carbocycles. The van der Waals surface area contributed by atoms with Gasteiger partial charge in [0.1, 0.15) is 13.2 Å². The summed E-state index contributed by atoms with van der Waals surface area (Å²) in [6.07, 6.45) is 76.9. The molecule has 0 aromatic heterocycles. The average molecular weight is 1040 g/mol. The van der Waals surface area contributed by atoms with Crippen molar-refractivity contribution in [3.8, 4) is 0 Å². The maximum absolute atomic E-state index is 13.0. The van der Waals surface area contributed by atoms with Crippen LogP contribution in [0.5, 0.6) is 0 Å². The number of allylic oxidation sites excluding steroid dienone is 13. The molecule has 0 aliphatic rings. The van der Waals surface area contributed by atoms with Crippen LogP contribution in [0.25, 0.3) is 0 Å². The minimum atomic E-state index is -4.62. The van der Waals surface area contributed by atoms with Crippen LogP contribution < -0.4 is 10.2 Å². The third-order valence-electron chi connectivity index (χ3n) is 13.3. The molecule has 0 aromatic rings. The minimum Gasteiger partial charge on any atom is -0.756 e. The first kappa shape index (κ1) is 70.7. The lowest BCUT2D eigenvalue weighted by Gasteiger charge is -2.29. The van der Waals surface area contributed by atoms with Gasteiger partial charge in [-0.05, 0) is 83.5 Å². The molecule has 8 nitrogen and oxygen atoms in total. The second-order valence-electron chi connectivity index (χ2n) is 21.7. The molecule has 3 atom stereocenters. The Morgan fingerprint density at radius 1 is 0.493 bits per heavy atom. The zero-order valence-corrected chi connectivity index (χ0v) is 49.2. The first-order valence-electron chi connectivity index (χ1n) is 30.4. The molecular formula is C64H117N2O6P. The van der Waals surface area contributed by atoms with E-state index in [1.807, 2.05) is 27.2 Å². The molecule has 0 fully saturated rings. The van der Waals surface area contributed by atoms with E-state index in [-0.39, 0.29) is 12.5 Å². The van der Waals surface area contributed by atoms with Gasteiger partial charge in [0.15, 0.2) is 0 Å². The Morgan fingerprint density at radius 2 is 0.849 bits per heavy atom. The van der Waals surface area contributed by atoms with Crippen molar-refractivity contribution >= 4 is 13.7 Å². The van der Waals surface area contributed by atoms with Crippen LogP contribution in [0.4, 0.5) is 0 Å². The lowest BCUT2D eigenvalue weighted by Crippen LogP contribution is -2.45. The number of aliphatic hydroxyl groups excluding tert-OH is 1. The molecule has 3 unspecified atom stereocenters. The van der Waals surface area contributed by atoms with Crippen LogP contribution in [-0.2, 0) is 18.4 Å². The smallest absolute Gasteiger partial charge is 0.268 e. The van der Waals surface area contributed by atoms with Crippen molar-refractivity contribution in [2.75, 3.05) is 40.9 Å². The highest BCUT2D eigenvalue weighted by Crippen LogP contribution is 2.38. The largest absolute Gasteiger partial charge is 0.756 e. The molecule has 424 valence electrons. The van der Waals surface area contributed by atoms with Gasteiger partial charge in [0.2, 0.25) is 5.91 Å². The Morgan fingerprint density at radius 3 is 1.27 bits per heavy atom. The van der Waals surface area contributed by atoms with Crippen LogP contribution >= 0.6 is 7.82 Å². The molecule has 0 bridgehead atoms. The number of phosphoric ester groups is 1. The zero-order valence-electron chi connectivity index (χ0n) is 48.3. The van der Waals surface area contributed by atoms with Gasteiger partial charge in [-0.1, -0.05) is 259 Å². The Kier molecular flexibility index (Phi) is 52.7. The summed E-state index contributed by atoms with van der Waals surface area (Å²) in [5, 5.41) is 13.9. The van der Waals surface area contributed by atoms with E-state index in [1.54, 1.807) is 6.08 Å². The van der Waals surface area contributed by atoms with Crippen molar-refractivity contribution in [1.82, 2.24) is 5.32 Å². The summed E-state index contributed by atoms with van der Waals surface area (Å²) in [4.78, 5) is 25.5. The van der Waals surface area contributed by atoms with Crippen molar-refractivity contribution in [2.24, 2.45) is 0 Å². The van der Waals surface area contributed by atoms with E-state index >= 15 is 0 Å². The Hall–Kier alpha value is -2.32. The van der Waals surface area contributed by atoms with Gasteiger partial charge in [-0.15, -0.1) is 0 Å². The van der Waals surface area contributed by atoms with Gasteiger partial charge in [0.25, 0.3) is 7.82 Å². The molecule has 9 heteroatoms. The van der Waals surface area contributed by atoms with Crippen molar-refractivity contribution in [3.63, 3.8) is 0 Å². The number of likely N-dealkylation sites (N-methyl/N-ethyl adjacent to an activating group) is 1. The highest BCUT2D eigenvalue weighted by atomic mass is 31.2. The SMILES string of the molecule is CC/C=C\C/C=C\C/C=C\C/C=C\CCCCCCCCC(=O)NC(COP(=O)([O-])OCC[N+](C)(C)C)C(O)/C=C/CC/C=C/CC/C=C/CCCCCCCCCCCCCCCCCCCCCCCC. The summed E-state index contributed by atoms with van der Waals surface area (Å²) in [5.41, 5.74) is 0. The lowest BCUT2D eigenvalue weighted by atomic mass is 10.0. The molecule has 0 aromatic carbocycles. The van der Waals surface area contributed by atoms with Crippen molar-refractivity contribution in [3.05, 3.63) is 85.1 Å². The highest BCUT2D eigenvalue weighted by molar-refractivity contribution is 7.45. The molecule has 2 N–H and O–H groups in total. The third-order valence-corrected chi connectivity index (χ3v) is 14.3. The zero-order chi connectivity index (χ0) is 53.5. The van der Waals surface area contributed by atoms with Crippen molar-refractivity contribution in [1.29, 1.82) is 0 Å². The summed E-state index contributed by atoms with van der Waals surface area (Å²) >= 11 is 0. The van der Waals surface area contributed by atoms with E-state index in [1.165, 1.54) is 154 Å². The number of hydrogen-bond acceptors (Lipinski definition) is 6. The van der Waals surface area contributed by atoms with Gasteiger partial charge in [-0.3, -0.25) is 9.36 Å². The van der Waals surface area contributed by atoms with Gasteiger partial charge >= 0.3 is 0 Å². The number of phosphoric acid groups is 1. The van der Waals surface area contributed by atoms with Crippen molar-refractivity contribution in [2.45, 2.75) is 276 Å². The number of unbranched alkanes of at least 4 members (excludes halogenated alkanes) is 30. The van der Waals surface area contributed by atoms with Crippen LogP contribution in [0.2, 0.25) is 0 Å². The fraction of sp³-hybridized carbons (Fsp3) is 0.766. The summed E-state index contributed by atoms with van der Waals surface area (Å²) in [6, 6.07) is -0.924. The first-order valence-corrected chi connectivity index (χ1v) is 31.9. The van der Waals surface area contributed by atoms with Crippen LogP contribution in [-0.4, -0.2) is 68.5 Å². The van der Waals surface area contributed by atoms with E-state index in [9.17, 15) is 19.4 Å². The van der Waals surface area contributed by atoms with Crippen LogP contribution in [0.15, 0.2) is 85.1 Å². The average Bonchev–Trinajstić information content (AvgIpc) is 3.35. The monoisotopic (exact) mass is 1040 g/mol. The fourth-order valence-corrected chi connectivity index (χ4v) is 9.31. The maximum Gasteiger partial charge on any atom is 0.268 e. The van der Waals surface area contributed by atoms with Gasteiger partial charge < -0.3 is 28.8 Å². The number of rotatable bonds is 55. The molecule has 0 spiro atoms. The summed E-state index contributed by atoms with van der Waals surface area (Å²) < 4.78 is 23.3. The number of quaternary nitrogens is 1. The molecule has 0 heterocycles. The molecule has 1 amide bonds. The molecule has 0 aliphatic heterocycles. The second-order valence-corrected chi connectivity index (χ2v) is 23.1. The maximum atomic E-state index is 13.0. The lowest BCUT2D eigenvalue weighted by molar-refractivity contribution is -0.870. The van der Waals surface area contributed by atoms with Crippen LogP contribution in [0.3, 0.4) is 0 Å². The van der Waals surface area contributed by atoms with Gasteiger partial charge in [-0.2, -0.15) is 0 Å². The number of hydrogen-bond donors (Lipinski definition) is 2. The van der Waals surface area contributed by atoms with Crippen LogP contribution in [0, 0.1) is 0 Å². The predicted octanol–water partition coefficient (Wildman–Crippen LogP) is 18.2. The number of aliphatic hydroxyl groups is 1. The Labute approximate surface area is 452 Å².